The van der Waals surface area contributed by atoms with Crippen molar-refractivity contribution in [2.75, 3.05) is 7.11 Å². The van der Waals surface area contributed by atoms with E-state index in [1.807, 2.05) is 36.4 Å². The summed E-state index contributed by atoms with van der Waals surface area (Å²) in [5.41, 5.74) is 3.97. The second-order valence-corrected chi connectivity index (χ2v) is 6.30. The number of rotatable bonds is 3. The normalized spacial score (nSPS) is 11.3. The Labute approximate surface area is 126 Å². The van der Waals surface area contributed by atoms with E-state index in [0.29, 0.717) is 0 Å². The van der Waals surface area contributed by atoms with Gasteiger partial charge in [-0.2, -0.15) is 0 Å². The number of methoxy groups -OCH3 is 1. The summed E-state index contributed by atoms with van der Waals surface area (Å²) < 4.78 is 5.18. The Morgan fingerprint density at radius 2 is 1.62 bits per heavy atom. The van der Waals surface area contributed by atoms with Crippen molar-refractivity contribution in [2.24, 2.45) is 0 Å². The van der Waals surface area contributed by atoms with Gasteiger partial charge in [0.05, 0.1) is 7.11 Å². The van der Waals surface area contributed by atoms with E-state index in [0.717, 1.165) is 22.4 Å². The maximum Gasteiger partial charge on any atom is 0.160 e. The smallest absolute Gasteiger partial charge is 0.160 e. The molecular formula is C19H22O2. The van der Waals surface area contributed by atoms with Gasteiger partial charge in [-0.25, -0.2) is 0 Å². The van der Waals surface area contributed by atoms with Crippen LogP contribution >= 0.6 is 0 Å². The number of benzene rings is 2. The standard InChI is InChI=1S/C19H22O2/c1-13(20)18-12-15(19(2,3)4)8-11-17(18)14-6-9-16(21-5)10-7-14/h6-12H,1-5H3. The monoisotopic (exact) mass is 282 g/mol. The van der Waals surface area contributed by atoms with E-state index in [1.165, 1.54) is 5.56 Å². The van der Waals surface area contributed by atoms with Crippen LogP contribution in [0.1, 0.15) is 43.6 Å². The number of ketones is 1. The summed E-state index contributed by atoms with van der Waals surface area (Å²) in [7, 11) is 1.65. The predicted octanol–water partition coefficient (Wildman–Crippen LogP) is 4.86. The Bertz CT molecular complexity index is 646. The van der Waals surface area contributed by atoms with E-state index in [1.54, 1.807) is 14.0 Å². The van der Waals surface area contributed by atoms with Crippen molar-refractivity contribution in [1.29, 1.82) is 0 Å². The topological polar surface area (TPSA) is 26.3 Å². The van der Waals surface area contributed by atoms with E-state index in [-0.39, 0.29) is 11.2 Å². The maximum atomic E-state index is 12.0. The molecular weight excluding hydrogens is 260 g/mol. The molecule has 0 unspecified atom stereocenters. The molecule has 0 aromatic heterocycles. The number of carbonyl (C=O) groups is 1. The Hall–Kier alpha value is -2.09. The molecule has 2 nitrogen and oxygen atoms in total. The molecule has 0 heterocycles. The van der Waals surface area contributed by atoms with E-state index < -0.39 is 0 Å². The number of carbonyl (C=O) groups excluding carboxylic acids is 1. The van der Waals surface area contributed by atoms with Gasteiger partial charge in [0.15, 0.2) is 5.78 Å². The molecule has 2 aromatic carbocycles. The van der Waals surface area contributed by atoms with Crippen molar-refractivity contribution in [3.8, 4) is 16.9 Å². The fraction of sp³-hybridized carbons (Fsp3) is 0.316. The molecule has 0 bridgehead atoms. The van der Waals surface area contributed by atoms with Gasteiger partial charge in [-0.3, -0.25) is 4.79 Å². The summed E-state index contributed by atoms with van der Waals surface area (Å²) in [6.07, 6.45) is 0. The second-order valence-electron chi connectivity index (χ2n) is 6.30. The van der Waals surface area contributed by atoms with Crippen LogP contribution in [0.5, 0.6) is 5.75 Å². The van der Waals surface area contributed by atoms with Gasteiger partial charge < -0.3 is 4.74 Å². The van der Waals surface area contributed by atoms with Crippen LogP contribution < -0.4 is 4.74 Å². The van der Waals surface area contributed by atoms with Crippen LogP contribution in [0, 0.1) is 0 Å². The van der Waals surface area contributed by atoms with Crippen molar-refractivity contribution in [1.82, 2.24) is 0 Å². The molecule has 0 aliphatic carbocycles. The molecule has 0 amide bonds. The van der Waals surface area contributed by atoms with Crippen molar-refractivity contribution in [2.45, 2.75) is 33.1 Å². The Morgan fingerprint density at radius 1 is 1.00 bits per heavy atom. The molecule has 0 fully saturated rings. The molecule has 0 saturated heterocycles. The quantitative estimate of drug-likeness (QED) is 0.751. The number of Topliss-reactive ketones (excluding diaryl/α,β-unsaturated/α-hetero) is 1. The van der Waals surface area contributed by atoms with Crippen LogP contribution in [0.15, 0.2) is 42.5 Å². The molecule has 0 aliphatic heterocycles. The first-order valence-electron chi connectivity index (χ1n) is 7.13. The highest BCUT2D eigenvalue weighted by atomic mass is 16.5. The lowest BCUT2D eigenvalue weighted by Gasteiger charge is -2.21. The molecule has 0 saturated carbocycles. The Kier molecular flexibility index (Phi) is 4.17. The van der Waals surface area contributed by atoms with Crippen molar-refractivity contribution in [3.63, 3.8) is 0 Å². The lowest BCUT2D eigenvalue weighted by Crippen LogP contribution is -2.12. The number of hydrogen-bond acceptors (Lipinski definition) is 2. The molecule has 0 aliphatic rings. The minimum absolute atomic E-state index is 0.0304. The lowest BCUT2D eigenvalue weighted by molar-refractivity contribution is 0.101. The van der Waals surface area contributed by atoms with E-state index in [2.05, 4.69) is 26.8 Å². The first kappa shape index (κ1) is 15.3. The summed E-state index contributed by atoms with van der Waals surface area (Å²) >= 11 is 0. The van der Waals surface area contributed by atoms with Gasteiger partial charge >= 0.3 is 0 Å². The van der Waals surface area contributed by atoms with Crippen LogP contribution in [0.2, 0.25) is 0 Å². The first-order valence-corrected chi connectivity index (χ1v) is 7.13. The van der Waals surface area contributed by atoms with Gasteiger partial charge in [-0.05, 0) is 47.2 Å². The Morgan fingerprint density at radius 3 is 2.10 bits per heavy atom. The molecule has 110 valence electrons. The van der Waals surface area contributed by atoms with Gasteiger partial charge in [0.25, 0.3) is 0 Å². The summed E-state index contributed by atoms with van der Waals surface area (Å²) in [5.74, 6) is 0.904. The van der Waals surface area contributed by atoms with Gasteiger partial charge in [-0.1, -0.05) is 45.0 Å². The van der Waals surface area contributed by atoms with E-state index >= 15 is 0 Å². The van der Waals surface area contributed by atoms with E-state index in [9.17, 15) is 4.79 Å². The van der Waals surface area contributed by atoms with E-state index in [4.69, 9.17) is 4.74 Å². The molecule has 0 radical (unpaired) electrons. The fourth-order valence-corrected chi connectivity index (χ4v) is 2.32. The lowest BCUT2D eigenvalue weighted by atomic mass is 9.84. The third kappa shape index (κ3) is 3.33. The summed E-state index contributed by atoms with van der Waals surface area (Å²) in [5, 5.41) is 0. The second kappa shape index (κ2) is 5.72. The molecule has 21 heavy (non-hydrogen) atoms. The van der Waals surface area contributed by atoms with Crippen LogP contribution in [-0.4, -0.2) is 12.9 Å². The summed E-state index contributed by atoms with van der Waals surface area (Å²) in [6.45, 7) is 8.08. The molecule has 0 atom stereocenters. The van der Waals surface area contributed by atoms with Gasteiger partial charge in [-0.15, -0.1) is 0 Å². The highest BCUT2D eigenvalue weighted by molar-refractivity contribution is 6.01. The molecule has 0 spiro atoms. The average Bonchev–Trinajstić information content (AvgIpc) is 2.45. The van der Waals surface area contributed by atoms with Crippen molar-refractivity contribution < 1.29 is 9.53 Å². The van der Waals surface area contributed by atoms with Gasteiger partial charge in [0, 0.05) is 5.56 Å². The van der Waals surface area contributed by atoms with Crippen LogP contribution in [0.3, 0.4) is 0 Å². The minimum atomic E-state index is 0.0304. The summed E-state index contributed by atoms with van der Waals surface area (Å²) in [4.78, 5) is 12.0. The average molecular weight is 282 g/mol. The first-order chi connectivity index (χ1) is 9.82. The fourth-order valence-electron chi connectivity index (χ4n) is 2.32. The van der Waals surface area contributed by atoms with Crippen molar-refractivity contribution >= 4 is 5.78 Å². The largest absolute Gasteiger partial charge is 0.497 e. The molecule has 2 heteroatoms. The third-order valence-corrected chi connectivity index (χ3v) is 3.67. The van der Waals surface area contributed by atoms with Crippen LogP contribution in [0.4, 0.5) is 0 Å². The highest BCUT2D eigenvalue weighted by Crippen LogP contribution is 2.31. The zero-order chi connectivity index (χ0) is 15.6. The zero-order valence-electron chi connectivity index (χ0n) is 13.4. The van der Waals surface area contributed by atoms with Gasteiger partial charge in [0.1, 0.15) is 5.75 Å². The SMILES string of the molecule is COc1ccc(-c2ccc(C(C)(C)C)cc2C(C)=O)cc1. The maximum absolute atomic E-state index is 12.0. The summed E-state index contributed by atoms with van der Waals surface area (Å²) in [6, 6.07) is 14.0. The highest BCUT2D eigenvalue weighted by Gasteiger charge is 2.17. The number of hydrogen-bond donors (Lipinski definition) is 0. The Balaban J connectivity index is 2.54. The van der Waals surface area contributed by atoms with Crippen LogP contribution in [0.25, 0.3) is 11.1 Å². The third-order valence-electron chi connectivity index (χ3n) is 3.67. The predicted molar refractivity (Wildman–Crippen MR) is 87.1 cm³/mol. The molecule has 2 aromatic rings. The van der Waals surface area contributed by atoms with Gasteiger partial charge in [0.2, 0.25) is 0 Å². The zero-order valence-corrected chi connectivity index (χ0v) is 13.4. The van der Waals surface area contributed by atoms with Crippen molar-refractivity contribution in [3.05, 3.63) is 53.6 Å². The minimum Gasteiger partial charge on any atom is -0.497 e. The molecule has 2 rings (SSSR count). The van der Waals surface area contributed by atoms with Crippen LogP contribution in [-0.2, 0) is 5.41 Å². The molecule has 0 N–H and O–H groups in total. The number of ether oxygens (including phenoxy) is 1.